The number of rotatable bonds is 14. The first-order chi connectivity index (χ1) is 9.92. The van der Waals surface area contributed by atoms with Gasteiger partial charge in [0.2, 0.25) is 0 Å². The maximum atomic E-state index is 10.3. The van der Waals surface area contributed by atoms with Gasteiger partial charge in [-0.05, 0) is 17.8 Å². The monoisotopic (exact) mass is 297 g/mol. The highest BCUT2D eigenvalue weighted by Crippen LogP contribution is 2.34. The average molecular weight is 298 g/mol. The normalized spacial score (nSPS) is 13.9. The van der Waals surface area contributed by atoms with Crippen molar-refractivity contribution in [1.29, 1.82) is 0 Å². The van der Waals surface area contributed by atoms with E-state index in [9.17, 15) is 5.11 Å². The Morgan fingerprint density at radius 2 is 1.14 bits per heavy atom. The molecule has 0 aliphatic heterocycles. The molecule has 21 heavy (non-hydrogen) atoms. The second-order valence-corrected chi connectivity index (χ2v) is 7.56. The van der Waals surface area contributed by atoms with E-state index in [2.05, 4.69) is 34.6 Å². The van der Waals surface area contributed by atoms with E-state index in [0.29, 0.717) is 0 Å². The van der Waals surface area contributed by atoms with E-state index in [1.165, 1.54) is 76.5 Å². The van der Waals surface area contributed by atoms with Crippen molar-refractivity contribution < 1.29 is 5.11 Å². The number of aliphatic hydroxyl groups excluding tert-OH is 1. The summed E-state index contributed by atoms with van der Waals surface area (Å²) >= 11 is 0. The largest absolute Gasteiger partial charge is 0.393 e. The van der Waals surface area contributed by atoms with Gasteiger partial charge in [0, 0.05) is 0 Å². The molecule has 1 atom stereocenters. The zero-order valence-electron chi connectivity index (χ0n) is 15.5. The van der Waals surface area contributed by atoms with Crippen molar-refractivity contribution in [2.24, 2.45) is 5.41 Å². The van der Waals surface area contributed by atoms with Crippen molar-refractivity contribution in [2.45, 2.75) is 118 Å². The Morgan fingerprint density at radius 1 is 0.762 bits per heavy atom. The molecule has 0 fully saturated rings. The van der Waals surface area contributed by atoms with E-state index < -0.39 is 0 Å². The zero-order chi connectivity index (χ0) is 16.1. The minimum atomic E-state index is -0.180. The molecule has 1 radical (unpaired) electrons. The Morgan fingerprint density at radius 3 is 1.52 bits per heavy atom. The lowest BCUT2D eigenvalue weighted by Crippen LogP contribution is -2.33. The molecular formula is C20H41O. The quantitative estimate of drug-likeness (QED) is 0.354. The van der Waals surface area contributed by atoms with Crippen molar-refractivity contribution in [2.75, 3.05) is 0 Å². The summed E-state index contributed by atoms with van der Waals surface area (Å²) in [6, 6.07) is 0. The molecule has 0 aromatic rings. The molecule has 0 aliphatic rings. The van der Waals surface area contributed by atoms with Crippen LogP contribution in [-0.4, -0.2) is 11.2 Å². The molecule has 0 saturated heterocycles. The Kier molecular flexibility index (Phi) is 12.5. The van der Waals surface area contributed by atoms with Crippen LogP contribution in [0.15, 0.2) is 0 Å². The van der Waals surface area contributed by atoms with Gasteiger partial charge in [0.25, 0.3) is 0 Å². The lowest BCUT2D eigenvalue weighted by molar-refractivity contribution is 0.0511. The summed E-state index contributed by atoms with van der Waals surface area (Å²) in [5, 5.41) is 10.3. The summed E-state index contributed by atoms with van der Waals surface area (Å²) in [5.74, 6) is 1.33. The van der Waals surface area contributed by atoms with Crippen LogP contribution in [0.5, 0.6) is 0 Å². The Bertz CT molecular complexity index is 220. The third-order valence-electron chi connectivity index (χ3n) is 5.20. The molecule has 0 amide bonds. The molecule has 0 spiro atoms. The van der Waals surface area contributed by atoms with Gasteiger partial charge in [0.15, 0.2) is 0 Å². The minimum Gasteiger partial charge on any atom is -0.393 e. The maximum absolute atomic E-state index is 10.3. The highest BCUT2D eigenvalue weighted by molar-refractivity contribution is 4.99. The second kappa shape index (κ2) is 12.5. The first-order valence-electron chi connectivity index (χ1n) is 9.41. The van der Waals surface area contributed by atoms with E-state index >= 15 is 0 Å². The van der Waals surface area contributed by atoms with Gasteiger partial charge in [-0.2, -0.15) is 0 Å². The van der Waals surface area contributed by atoms with Crippen LogP contribution >= 0.6 is 0 Å². The molecule has 0 aromatic carbocycles. The fraction of sp³-hybridized carbons (Fsp3) is 0.950. The lowest BCUT2D eigenvalue weighted by atomic mass is 9.75. The molecule has 0 aliphatic carbocycles. The smallest absolute Gasteiger partial charge is 0.0596 e. The first-order valence-corrected chi connectivity index (χ1v) is 9.41. The zero-order valence-corrected chi connectivity index (χ0v) is 15.5. The average Bonchev–Trinajstić information content (AvgIpc) is 2.44. The number of unbranched alkanes of at least 4 members (excludes halogenated alkanes) is 10. The predicted molar refractivity (Wildman–Crippen MR) is 95.5 cm³/mol. The van der Waals surface area contributed by atoms with Gasteiger partial charge in [0.05, 0.1) is 6.10 Å². The van der Waals surface area contributed by atoms with Crippen LogP contribution in [0.1, 0.15) is 112 Å². The van der Waals surface area contributed by atoms with Crippen molar-refractivity contribution in [1.82, 2.24) is 0 Å². The van der Waals surface area contributed by atoms with Crippen molar-refractivity contribution in [3.05, 3.63) is 5.92 Å². The molecular weight excluding hydrogens is 256 g/mol. The van der Waals surface area contributed by atoms with Gasteiger partial charge in [0.1, 0.15) is 0 Å². The Labute approximate surface area is 134 Å². The molecule has 1 nitrogen and oxygen atoms in total. The summed E-state index contributed by atoms with van der Waals surface area (Å²) in [6.07, 6.45) is 15.8. The summed E-state index contributed by atoms with van der Waals surface area (Å²) in [7, 11) is 0. The van der Waals surface area contributed by atoms with E-state index in [4.69, 9.17) is 0 Å². The third kappa shape index (κ3) is 10.3. The lowest BCUT2D eigenvalue weighted by Gasteiger charge is -2.34. The van der Waals surface area contributed by atoms with Crippen LogP contribution < -0.4 is 0 Å². The van der Waals surface area contributed by atoms with Gasteiger partial charge < -0.3 is 5.11 Å². The van der Waals surface area contributed by atoms with Gasteiger partial charge in [-0.25, -0.2) is 0 Å². The molecule has 1 N–H and O–H groups in total. The summed E-state index contributed by atoms with van der Waals surface area (Å²) in [4.78, 5) is 0. The van der Waals surface area contributed by atoms with E-state index in [-0.39, 0.29) is 11.5 Å². The fourth-order valence-electron chi connectivity index (χ4n) is 2.70. The highest BCUT2D eigenvalue weighted by Gasteiger charge is 2.30. The summed E-state index contributed by atoms with van der Waals surface area (Å²) < 4.78 is 0. The van der Waals surface area contributed by atoms with Gasteiger partial charge >= 0.3 is 0 Å². The van der Waals surface area contributed by atoms with Crippen LogP contribution in [0.2, 0.25) is 0 Å². The molecule has 0 heterocycles. The van der Waals surface area contributed by atoms with Crippen LogP contribution in [-0.2, 0) is 0 Å². The molecule has 0 rings (SSSR count). The minimum absolute atomic E-state index is 0.0293. The molecule has 0 bridgehead atoms. The number of hydrogen-bond donors (Lipinski definition) is 1. The molecule has 0 aromatic heterocycles. The predicted octanol–water partition coefficient (Wildman–Crippen LogP) is 6.69. The standard InChI is InChI=1S/C20H41O/c1-6-7-8-9-10-11-12-13-14-15-16-17-19(21)20(4,5)18(2)3/h19,21H,6-17H2,1-5H3. The summed E-state index contributed by atoms with van der Waals surface area (Å²) in [5.41, 5.74) is -0.0293. The summed E-state index contributed by atoms with van der Waals surface area (Å²) in [6.45, 7) is 10.8. The van der Waals surface area contributed by atoms with E-state index in [1.807, 2.05) is 0 Å². The highest BCUT2D eigenvalue weighted by atomic mass is 16.3. The third-order valence-corrected chi connectivity index (χ3v) is 5.20. The Hall–Kier alpha value is -0.0400. The van der Waals surface area contributed by atoms with Crippen LogP contribution in [0.4, 0.5) is 0 Å². The van der Waals surface area contributed by atoms with E-state index in [0.717, 1.165) is 6.42 Å². The molecule has 0 saturated carbocycles. The van der Waals surface area contributed by atoms with Crippen LogP contribution in [0.25, 0.3) is 0 Å². The number of hydrogen-bond acceptors (Lipinski definition) is 1. The van der Waals surface area contributed by atoms with Crippen molar-refractivity contribution in [3.63, 3.8) is 0 Å². The van der Waals surface area contributed by atoms with Crippen molar-refractivity contribution in [3.8, 4) is 0 Å². The van der Waals surface area contributed by atoms with Gasteiger partial charge in [-0.3, -0.25) is 0 Å². The topological polar surface area (TPSA) is 20.2 Å². The van der Waals surface area contributed by atoms with Gasteiger partial charge in [-0.15, -0.1) is 0 Å². The second-order valence-electron chi connectivity index (χ2n) is 7.56. The SMILES string of the molecule is CCCCCCCCCCCCCC(O)C(C)(C)[C](C)C. The Balaban J connectivity index is 3.36. The van der Waals surface area contributed by atoms with Gasteiger partial charge in [-0.1, -0.05) is 105 Å². The molecule has 1 heteroatoms. The van der Waals surface area contributed by atoms with Crippen molar-refractivity contribution >= 4 is 0 Å². The maximum Gasteiger partial charge on any atom is 0.0596 e. The molecule has 127 valence electrons. The van der Waals surface area contributed by atoms with Crippen LogP contribution in [0, 0.1) is 11.3 Å². The van der Waals surface area contributed by atoms with E-state index in [1.54, 1.807) is 0 Å². The molecule has 1 unspecified atom stereocenters. The number of aliphatic hydroxyl groups is 1. The fourth-order valence-corrected chi connectivity index (χ4v) is 2.70. The van der Waals surface area contributed by atoms with Crippen LogP contribution in [0.3, 0.4) is 0 Å². The first kappa shape index (κ1) is 21.0.